The van der Waals surface area contributed by atoms with Crippen LogP contribution in [0.15, 0.2) is 30.3 Å². The lowest BCUT2D eigenvalue weighted by molar-refractivity contribution is 0.0977. The van der Waals surface area contributed by atoms with Gasteiger partial charge in [-0.05, 0) is 62.9 Å². The molecule has 2 heterocycles. The number of carbonyl (C=O) groups is 1. The number of hydrogen-bond acceptors (Lipinski definition) is 5. The molecule has 186 valence electrons. The molecule has 1 amide bonds. The minimum atomic E-state index is -3.77. The molecule has 2 atom stereocenters. The van der Waals surface area contributed by atoms with Crippen molar-refractivity contribution in [3.63, 3.8) is 0 Å². The van der Waals surface area contributed by atoms with Gasteiger partial charge in [-0.3, -0.25) is 14.4 Å². The highest BCUT2D eigenvalue weighted by atomic mass is 35.5. The summed E-state index contributed by atoms with van der Waals surface area (Å²) in [6, 6.07) is 8.28. The van der Waals surface area contributed by atoms with Gasteiger partial charge in [-0.2, -0.15) is 5.10 Å². The van der Waals surface area contributed by atoms with E-state index in [1.165, 1.54) is 12.1 Å². The van der Waals surface area contributed by atoms with Gasteiger partial charge in [-0.15, -0.1) is 0 Å². The maximum Gasteiger partial charge on any atom is 0.267 e. The molecule has 7 nitrogen and oxygen atoms in total. The lowest BCUT2D eigenvalue weighted by atomic mass is 10.1. The van der Waals surface area contributed by atoms with Gasteiger partial charge in [0.15, 0.2) is 0 Å². The largest absolute Gasteiger partial charge is 0.294 e. The zero-order valence-electron chi connectivity index (χ0n) is 19.3. The van der Waals surface area contributed by atoms with Gasteiger partial charge in [-0.25, -0.2) is 17.5 Å². The van der Waals surface area contributed by atoms with Crippen LogP contribution in [0.1, 0.15) is 59.9 Å². The van der Waals surface area contributed by atoms with Crippen molar-refractivity contribution in [1.29, 1.82) is 0 Å². The van der Waals surface area contributed by atoms with Crippen LogP contribution in [-0.2, 0) is 10.0 Å². The van der Waals surface area contributed by atoms with Crippen LogP contribution in [0.5, 0.6) is 0 Å². The van der Waals surface area contributed by atoms with Crippen LogP contribution in [0.4, 0.5) is 4.39 Å². The number of sulfonamides is 1. The van der Waals surface area contributed by atoms with Gasteiger partial charge < -0.3 is 0 Å². The fourth-order valence-corrected chi connectivity index (χ4v) is 6.59. The van der Waals surface area contributed by atoms with Gasteiger partial charge in [0.05, 0.1) is 28.1 Å². The normalized spacial score (nSPS) is 19.9. The Kier molecular flexibility index (Phi) is 6.32. The third kappa shape index (κ3) is 4.79. The summed E-state index contributed by atoms with van der Waals surface area (Å²) in [5, 5.41) is 5.87. The van der Waals surface area contributed by atoms with E-state index < -0.39 is 27.0 Å². The molecule has 0 spiro atoms. The van der Waals surface area contributed by atoms with Gasteiger partial charge in [0.1, 0.15) is 5.82 Å². The standard InChI is InChI=1S/C24H25Cl2FN4O3S/c1-13-20-10-21(24(32)29-35(33,34)19-3-4-19)22(27)11-23(20)31(28-13)18-5-6-30(12-18)14(2)15-7-16(25)9-17(26)8-15/h7-11,14,18-19H,3-6,12H2,1-2H3,(H,29,32)/t14-,18?/m1/s1. The Labute approximate surface area is 213 Å². The number of aryl methyl sites for hydroxylation is 1. The number of rotatable bonds is 6. The number of hydrogen-bond donors (Lipinski definition) is 1. The van der Waals surface area contributed by atoms with E-state index in [1.54, 1.807) is 13.0 Å². The van der Waals surface area contributed by atoms with E-state index in [0.717, 1.165) is 18.5 Å². The van der Waals surface area contributed by atoms with Crippen LogP contribution in [0, 0.1) is 12.7 Å². The summed E-state index contributed by atoms with van der Waals surface area (Å²) in [6.45, 7) is 5.41. The van der Waals surface area contributed by atoms with Crippen LogP contribution in [0.25, 0.3) is 10.9 Å². The smallest absolute Gasteiger partial charge is 0.267 e. The number of fused-ring (bicyclic) bond motifs is 1. The molecule has 0 radical (unpaired) electrons. The second kappa shape index (κ2) is 9.03. The number of halogens is 3. The molecule has 1 unspecified atom stereocenters. The van der Waals surface area contributed by atoms with E-state index in [0.29, 0.717) is 46.0 Å². The van der Waals surface area contributed by atoms with Crippen molar-refractivity contribution >= 4 is 50.0 Å². The van der Waals surface area contributed by atoms with E-state index in [2.05, 4.69) is 16.9 Å². The molecule has 35 heavy (non-hydrogen) atoms. The average molecular weight is 539 g/mol. The number of likely N-dealkylation sites (tertiary alicyclic amines) is 1. The molecule has 2 fully saturated rings. The van der Waals surface area contributed by atoms with E-state index in [-0.39, 0.29) is 17.6 Å². The second-order valence-corrected chi connectivity index (χ2v) is 12.2. The molecule has 11 heteroatoms. The first kappa shape index (κ1) is 24.5. The van der Waals surface area contributed by atoms with Crippen LogP contribution >= 0.6 is 23.2 Å². The zero-order valence-corrected chi connectivity index (χ0v) is 21.6. The number of nitrogens with zero attached hydrogens (tertiary/aromatic N) is 3. The first-order chi connectivity index (χ1) is 16.5. The molecule has 1 saturated carbocycles. The second-order valence-electron chi connectivity index (χ2n) is 9.37. The van der Waals surface area contributed by atoms with E-state index in [4.69, 9.17) is 23.2 Å². The van der Waals surface area contributed by atoms with Crippen molar-refractivity contribution in [1.82, 2.24) is 19.4 Å². The topological polar surface area (TPSA) is 84.3 Å². The fraction of sp³-hybridized carbons (Fsp3) is 0.417. The lowest BCUT2D eigenvalue weighted by Gasteiger charge is -2.25. The van der Waals surface area contributed by atoms with Crippen molar-refractivity contribution in [3.05, 3.63) is 63.0 Å². The van der Waals surface area contributed by atoms with E-state index in [9.17, 15) is 13.2 Å². The van der Waals surface area contributed by atoms with Crippen molar-refractivity contribution in [2.45, 2.75) is 50.4 Å². The van der Waals surface area contributed by atoms with Crippen LogP contribution < -0.4 is 4.72 Å². The maximum atomic E-state index is 15.0. The molecule has 3 aromatic rings. The lowest BCUT2D eigenvalue weighted by Crippen LogP contribution is -2.33. The third-order valence-corrected chi connectivity index (χ3v) is 9.13. The summed E-state index contributed by atoms with van der Waals surface area (Å²) < 4.78 is 43.1. The molecule has 5 rings (SSSR count). The Morgan fingerprint density at radius 1 is 1.14 bits per heavy atom. The number of nitrogens with one attached hydrogen (secondary N) is 1. The Balaban J connectivity index is 1.39. The number of aromatic nitrogens is 2. The predicted molar refractivity (Wildman–Crippen MR) is 134 cm³/mol. The van der Waals surface area contributed by atoms with Gasteiger partial charge >= 0.3 is 0 Å². The Hall–Kier alpha value is -2.20. The summed E-state index contributed by atoms with van der Waals surface area (Å²) >= 11 is 12.4. The van der Waals surface area contributed by atoms with Crippen molar-refractivity contribution < 1.29 is 17.6 Å². The third-order valence-electron chi connectivity index (χ3n) is 6.88. The Morgan fingerprint density at radius 3 is 2.49 bits per heavy atom. The van der Waals surface area contributed by atoms with Crippen LogP contribution in [-0.4, -0.2) is 47.3 Å². The van der Waals surface area contributed by atoms with E-state index in [1.807, 2.05) is 21.5 Å². The monoisotopic (exact) mass is 538 g/mol. The van der Waals surface area contributed by atoms with Crippen LogP contribution in [0.2, 0.25) is 10.0 Å². The highest BCUT2D eigenvalue weighted by molar-refractivity contribution is 7.91. The van der Waals surface area contributed by atoms with Gasteiger partial charge in [0.25, 0.3) is 5.91 Å². The van der Waals surface area contributed by atoms with Gasteiger partial charge in [0.2, 0.25) is 10.0 Å². The predicted octanol–water partition coefficient (Wildman–Crippen LogP) is 5.02. The Morgan fingerprint density at radius 2 is 1.83 bits per heavy atom. The summed E-state index contributed by atoms with van der Waals surface area (Å²) in [7, 11) is -3.77. The van der Waals surface area contributed by atoms with E-state index >= 15 is 4.39 Å². The molecule has 1 aliphatic heterocycles. The molecule has 2 aromatic carbocycles. The number of carbonyl (C=O) groups excluding carboxylic acids is 1. The SMILES string of the molecule is Cc1nn(C2CCN([C@H](C)c3cc(Cl)cc(Cl)c3)C2)c2cc(F)c(C(=O)NS(=O)(=O)C3CC3)cc12. The summed E-state index contributed by atoms with van der Waals surface area (Å²) in [5.74, 6) is -1.73. The summed E-state index contributed by atoms with van der Waals surface area (Å²) in [5.41, 5.74) is 1.94. The Bertz CT molecular complexity index is 1420. The van der Waals surface area contributed by atoms with Crippen molar-refractivity contribution in [2.24, 2.45) is 0 Å². The first-order valence-corrected chi connectivity index (χ1v) is 13.8. The number of benzene rings is 2. The molecule has 1 N–H and O–H groups in total. The molecular formula is C24H25Cl2FN4O3S. The maximum absolute atomic E-state index is 15.0. The van der Waals surface area contributed by atoms with Gasteiger partial charge in [0, 0.05) is 40.6 Å². The minimum absolute atomic E-state index is 0.0117. The molecule has 1 aliphatic carbocycles. The molecular weight excluding hydrogens is 514 g/mol. The first-order valence-electron chi connectivity index (χ1n) is 11.5. The minimum Gasteiger partial charge on any atom is -0.294 e. The molecule has 2 aliphatic rings. The summed E-state index contributed by atoms with van der Waals surface area (Å²) in [4.78, 5) is 14.9. The molecule has 0 bridgehead atoms. The zero-order chi connectivity index (χ0) is 25.1. The highest BCUT2D eigenvalue weighted by Gasteiger charge is 2.37. The quantitative estimate of drug-likeness (QED) is 0.476. The fourth-order valence-electron chi connectivity index (χ4n) is 4.76. The van der Waals surface area contributed by atoms with Crippen LogP contribution in [0.3, 0.4) is 0 Å². The van der Waals surface area contributed by atoms with Crippen molar-refractivity contribution in [2.75, 3.05) is 13.1 Å². The average Bonchev–Trinajstić information content (AvgIpc) is 3.46. The van der Waals surface area contributed by atoms with Crippen molar-refractivity contribution in [3.8, 4) is 0 Å². The molecule has 1 aromatic heterocycles. The molecule has 1 saturated heterocycles. The number of amides is 1. The summed E-state index contributed by atoms with van der Waals surface area (Å²) in [6.07, 6.45) is 1.84. The highest BCUT2D eigenvalue weighted by Crippen LogP contribution is 2.35. The van der Waals surface area contributed by atoms with Gasteiger partial charge in [-0.1, -0.05) is 23.2 Å².